The van der Waals surface area contributed by atoms with Crippen molar-refractivity contribution in [2.45, 2.75) is 6.42 Å². The minimum Gasteiger partial charge on any atom is -0.379 e. The highest BCUT2D eigenvalue weighted by Gasteiger charge is 2.18. The van der Waals surface area contributed by atoms with Crippen molar-refractivity contribution in [2.75, 3.05) is 45.9 Å². The average Bonchev–Trinajstić information content (AvgIpc) is 2.21. The molecule has 13 heavy (non-hydrogen) atoms. The number of piperidine rings is 1. The third-order valence-corrected chi connectivity index (χ3v) is 2.82. The van der Waals surface area contributed by atoms with Crippen molar-refractivity contribution in [1.29, 1.82) is 0 Å². The summed E-state index contributed by atoms with van der Waals surface area (Å²) in [5.41, 5.74) is 0. The van der Waals surface area contributed by atoms with E-state index < -0.39 is 0 Å². The SMILES string of the molecule is [CH]1CCNCC1CN1CCOCC1. The molecule has 2 fully saturated rings. The van der Waals surface area contributed by atoms with Crippen molar-refractivity contribution in [1.82, 2.24) is 10.2 Å². The van der Waals surface area contributed by atoms with E-state index in [1.807, 2.05) is 0 Å². The quantitative estimate of drug-likeness (QED) is 0.658. The lowest BCUT2D eigenvalue weighted by Gasteiger charge is -2.32. The maximum atomic E-state index is 5.32. The molecule has 1 N–H and O–H groups in total. The van der Waals surface area contributed by atoms with Crippen LogP contribution in [0.25, 0.3) is 0 Å². The van der Waals surface area contributed by atoms with E-state index >= 15 is 0 Å². The van der Waals surface area contributed by atoms with Crippen molar-refractivity contribution in [3.8, 4) is 0 Å². The second-order valence-electron chi connectivity index (χ2n) is 3.90. The van der Waals surface area contributed by atoms with E-state index in [9.17, 15) is 0 Å². The number of hydrogen-bond donors (Lipinski definition) is 1. The van der Waals surface area contributed by atoms with Crippen LogP contribution in [-0.2, 0) is 4.74 Å². The Bertz CT molecular complexity index is 124. The first-order valence-electron chi connectivity index (χ1n) is 5.29. The summed E-state index contributed by atoms with van der Waals surface area (Å²) in [6.07, 6.45) is 3.70. The van der Waals surface area contributed by atoms with Gasteiger partial charge in [-0.2, -0.15) is 0 Å². The van der Waals surface area contributed by atoms with Crippen LogP contribution in [0.3, 0.4) is 0 Å². The van der Waals surface area contributed by atoms with Gasteiger partial charge in [-0.05, 0) is 31.8 Å². The molecule has 0 aromatic heterocycles. The molecule has 0 amide bonds. The maximum absolute atomic E-state index is 5.32. The van der Waals surface area contributed by atoms with Crippen LogP contribution in [0.2, 0.25) is 0 Å². The Kier molecular flexibility index (Phi) is 3.58. The molecule has 75 valence electrons. The number of hydrogen-bond acceptors (Lipinski definition) is 3. The molecule has 3 nitrogen and oxygen atoms in total. The molecule has 0 aromatic carbocycles. The predicted octanol–water partition coefficient (Wildman–Crippen LogP) is 0.132. The highest BCUT2D eigenvalue weighted by molar-refractivity contribution is 4.86. The van der Waals surface area contributed by atoms with Crippen molar-refractivity contribution in [3.63, 3.8) is 0 Å². The molecule has 2 saturated heterocycles. The number of nitrogens with one attached hydrogen (secondary N) is 1. The van der Waals surface area contributed by atoms with Gasteiger partial charge in [-0.25, -0.2) is 0 Å². The van der Waals surface area contributed by atoms with Crippen LogP contribution in [-0.4, -0.2) is 50.8 Å². The van der Waals surface area contributed by atoms with Gasteiger partial charge in [-0.1, -0.05) is 0 Å². The fourth-order valence-electron chi connectivity index (χ4n) is 2.05. The summed E-state index contributed by atoms with van der Waals surface area (Å²) in [5.74, 6) is 0.756. The Morgan fingerprint density at radius 3 is 2.92 bits per heavy atom. The van der Waals surface area contributed by atoms with Crippen molar-refractivity contribution in [2.24, 2.45) is 5.92 Å². The zero-order valence-corrected chi connectivity index (χ0v) is 8.17. The molecule has 0 aromatic rings. The number of rotatable bonds is 2. The van der Waals surface area contributed by atoms with Crippen molar-refractivity contribution < 1.29 is 4.74 Å². The molecule has 2 aliphatic heterocycles. The van der Waals surface area contributed by atoms with E-state index in [2.05, 4.69) is 16.6 Å². The van der Waals surface area contributed by atoms with Crippen LogP contribution in [0.4, 0.5) is 0 Å². The van der Waals surface area contributed by atoms with E-state index in [4.69, 9.17) is 4.74 Å². The molecular weight excluding hydrogens is 164 g/mol. The summed E-state index contributed by atoms with van der Waals surface area (Å²) in [5, 5.41) is 3.44. The van der Waals surface area contributed by atoms with Gasteiger partial charge in [0.05, 0.1) is 13.2 Å². The molecular formula is C10H19N2O. The predicted molar refractivity (Wildman–Crippen MR) is 52.5 cm³/mol. The fourth-order valence-corrected chi connectivity index (χ4v) is 2.05. The summed E-state index contributed by atoms with van der Waals surface area (Å²) in [6, 6.07) is 0. The summed E-state index contributed by atoms with van der Waals surface area (Å²) < 4.78 is 5.32. The van der Waals surface area contributed by atoms with Crippen LogP contribution >= 0.6 is 0 Å². The fraction of sp³-hybridized carbons (Fsp3) is 0.900. The number of nitrogens with zero attached hydrogens (tertiary/aromatic N) is 1. The highest BCUT2D eigenvalue weighted by atomic mass is 16.5. The second kappa shape index (κ2) is 4.94. The van der Waals surface area contributed by atoms with E-state index in [-0.39, 0.29) is 0 Å². The van der Waals surface area contributed by atoms with Gasteiger partial charge in [-0.3, -0.25) is 4.90 Å². The van der Waals surface area contributed by atoms with Gasteiger partial charge in [-0.15, -0.1) is 0 Å². The normalized spacial score (nSPS) is 31.8. The van der Waals surface area contributed by atoms with E-state index in [0.717, 1.165) is 38.8 Å². The monoisotopic (exact) mass is 183 g/mol. The Morgan fingerprint density at radius 2 is 2.23 bits per heavy atom. The Morgan fingerprint density at radius 1 is 1.38 bits per heavy atom. The largest absolute Gasteiger partial charge is 0.379 e. The van der Waals surface area contributed by atoms with Crippen molar-refractivity contribution >= 4 is 0 Å². The zero-order valence-electron chi connectivity index (χ0n) is 8.17. The molecule has 2 heterocycles. The van der Waals surface area contributed by atoms with Crippen LogP contribution in [0.15, 0.2) is 0 Å². The summed E-state index contributed by atoms with van der Waals surface area (Å²) in [7, 11) is 0. The molecule has 0 spiro atoms. The molecule has 0 bridgehead atoms. The van der Waals surface area contributed by atoms with Gasteiger partial charge >= 0.3 is 0 Å². The van der Waals surface area contributed by atoms with Crippen LogP contribution in [0.5, 0.6) is 0 Å². The second-order valence-corrected chi connectivity index (χ2v) is 3.90. The lowest BCUT2D eigenvalue weighted by molar-refractivity contribution is 0.0318. The number of ether oxygens (including phenoxy) is 1. The Balaban J connectivity index is 1.69. The topological polar surface area (TPSA) is 24.5 Å². The Labute approximate surface area is 80.4 Å². The van der Waals surface area contributed by atoms with E-state index in [1.54, 1.807) is 0 Å². The third-order valence-electron chi connectivity index (χ3n) is 2.82. The van der Waals surface area contributed by atoms with E-state index in [0.29, 0.717) is 0 Å². The van der Waals surface area contributed by atoms with Gasteiger partial charge in [0, 0.05) is 19.6 Å². The maximum Gasteiger partial charge on any atom is 0.0594 e. The smallest absolute Gasteiger partial charge is 0.0594 e. The molecule has 0 aliphatic carbocycles. The Hall–Kier alpha value is -0.120. The molecule has 0 saturated carbocycles. The molecule has 1 atom stereocenters. The minimum atomic E-state index is 0.756. The van der Waals surface area contributed by atoms with Gasteiger partial charge in [0.15, 0.2) is 0 Å². The lowest BCUT2D eigenvalue weighted by Crippen LogP contribution is -2.43. The van der Waals surface area contributed by atoms with Gasteiger partial charge in [0.1, 0.15) is 0 Å². The number of morpholine rings is 1. The average molecular weight is 183 g/mol. The lowest BCUT2D eigenvalue weighted by atomic mass is 9.99. The summed E-state index contributed by atoms with van der Waals surface area (Å²) >= 11 is 0. The van der Waals surface area contributed by atoms with Crippen molar-refractivity contribution in [3.05, 3.63) is 6.42 Å². The van der Waals surface area contributed by atoms with Gasteiger partial charge < -0.3 is 10.1 Å². The molecule has 2 rings (SSSR count). The standard InChI is InChI=1S/C10H19N2O/c1-2-10(8-11-3-1)9-12-4-6-13-7-5-12/h2,10-11H,1,3-9H2. The van der Waals surface area contributed by atoms with Gasteiger partial charge in [0.25, 0.3) is 0 Å². The van der Waals surface area contributed by atoms with Crippen LogP contribution in [0.1, 0.15) is 6.42 Å². The molecule has 3 heteroatoms. The van der Waals surface area contributed by atoms with Crippen LogP contribution in [0, 0.1) is 12.3 Å². The third kappa shape index (κ3) is 2.93. The van der Waals surface area contributed by atoms with Gasteiger partial charge in [0.2, 0.25) is 0 Å². The summed E-state index contributed by atoms with van der Waals surface area (Å²) in [6.45, 7) is 7.61. The first kappa shape index (κ1) is 9.44. The minimum absolute atomic E-state index is 0.756. The van der Waals surface area contributed by atoms with E-state index in [1.165, 1.54) is 19.5 Å². The highest BCUT2D eigenvalue weighted by Crippen LogP contribution is 2.11. The first-order valence-corrected chi connectivity index (χ1v) is 5.29. The molecule has 1 unspecified atom stereocenters. The zero-order chi connectivity index (χ0) is 8.93. The van der Waals surface area contributed by atoms with Crippen LogP contribution < -0.4 is 5.32 Å². The summed E-state index contributed by atoms with van der Waals surface area (Å²) in [4.78, 5) is 2.51. The molecule has 2 aliphatic rings. The first-order chi connectivity index (χ1) is 6.45. The molecule has 1 radical (unpaired) electrons.